The smallest absolute Gasteiger partial charge is 0.407 e. The molecule has 2 amide bonds. The van der Waals surface area contributed by atoms with E-state index in [1.54, 1.807) is 0 Å². The Balaban J connectivity index is 1.37. The number of aliphatic carboxylic acids is 1. The van der Waals surface area contributed by atoms with Crippen molar-refractivity contribution in [2.45, 2.75) is 69.9 Å². The molecule has 1 aliphatic heterocycles. The summed E-state index contributed by atoms with van der Waals surface area (Å²) in [6.07, 6.45) is 2.30. The lowest BCUT2D eigenvalue weighted by molar-refractivity contribution is -0.157. The number of hydrogen-bond donors (Lipinski definition) is 2. The Kier molecular flexibility index (Phi) is 7.43. The summed E-state index contributed by atoms with van der Waals surface area (Å²) in [6, 6.07) is 15.9. The van der Waals surface area contributed by atoms with Gasteiger partial charge in [-0.2, -0.15) is 0 Å². The van der Waals surface area contributed by atoms with Crippen LogP contribution in [0.15, 0.2) is 48.5 Å². The Morgan fingerprint density at radius 2 is 1.71 bits per heavy atom. The van der Waals surface area contributed by atoms with E-state index in [0.717, 1.165) is 22.3 Å². The van der Waals surface area contributed by atoms with E-state index < -0.39 is 23.6 Å². The molecular formula is C28H34N2O5. The summed E-state index contributed by atoms with van der Waals surface area (Å²) >= 11 is 0. The molecule has 35 heavy (non-hydrogen) atoms. The fourth-order valence-electron chi connectivity index (χ4n) is 5.67. The Hall–Kier alpha value is -3.35. The Bertz CT molecular complexity index is 1050. The molecule has 0 spiro atoms. The highest BCUT2D eigenvalue weighted by molar-refractivity contribution is 5.88. The summed E-state index contributed by atoms with van der Waals surface area (Å²) in [7, 11) is 0. The Labute approximate surface area is 206 Å². The van der Waals surface area contributed by atoms with Crippen molar-refractivity contribution in [3.8, 4) is 11.1 Å². The molecule has 1 fully saturated rings. The number of ether oxygens (including phenoxy) is 1. The van der Waals surface area contributed by atoms with Crippen molar-refractivity contribution in [2.24, 2.45) is 0 Å². The molecule has 186 valence electrons. The third-order valence-electron chi connectivity index (χ3n) is 7.43. The first kappa shape index (κ1) is 24.8. The molecule has 0 bridgehead atoms. The molecule has 2 atom stereocenters. The number of fused-ring (bicyclic) bond motifs is 3. The highest BCUT2D eigenvalue weighted by atomic mass is 16.5. The summed E-state index contributed by atoms with van der Waals surface area (Å²) in [5.74, 6) is -1.21. The van der Waals surface area contributed by atoms with Gasteiger partial charge in [0.15, 0.2) is 0 Å². The maximum Gasteiger partial charge on any atom is 0.407 e. The predicted molar refractivity (Wildman–Crippen MR) is 133 cm³/mol. The van der Waals surface area contributed by atoms with Crippen molar-refractivity contribution in [3.63, 3.8) is 0 Å². The van der Waals surface area contributed by atoms with Crippen LogP contribution < -0.4 is 5.32 Å². The number of hydrogen-bond acceptors (Lipinski definition) is 4. The molecule has 2 aromatic carbocycles. The topological polar surface area (TPSA) is 95.9 Å². The zero-order valence-corrected chi connectivity index (χ0v) is 20.5. The van der Waals surface area contributed by atoms with Crippen LogP contribution >= 0.6 is 0 Å². The number of rotatable bonds is 9. The van der Waals surface area contributed by atoms with Crippen molar-refractivity contribution >= 4 is 18.0 Å². The van der Waals surface area contributed by atoms with Gasteiger partial charge in [0, 0.05) is 24.9 Å². The second kappa shape index (κ2) is 10.5. The van der Waals surface area contributed by atoms with Gasteiger partial charge < -0.3 is 20.1 Å². The van der Waals surface area contributed by atoms with Gasteiger partial charge in [-0.3, -0.25) is 4.79 Å². The van der Waals surface area contributed by atoms with Crippen LogP contribution in [0, 0.1) is 0 Å². The minimum atomic E-state index is -1.13. The molecular weight excluding hydrogens is 444 g/mol. The summed E-state index contributed by atoms with van der Waals surface area (Å²) < 4.78 is 5.63. The van der Waals surface area contributed by atoms with Gasteiger partial charge in [0.05, 0.1) is 0 Å². The van der Waals surface area contributed by atoms with Gasteiger partial charge in [0.1, 0.15) is 12.1 Å². The standard InChI is InChI=1S/C28H34N2O5/c1-3-14-28(26(32)33)15-9-16-30(28)25(31)17-19(4-2)29-27(34)35-18-24-22-12-7-5-10-20(22)21-11-6-8-13-23(21)24/h5-8,10-13,19,24H,3-4,9,14-18H2,1-2H3,(H,29,34)(H,32,33). The van der Waals surface area contributed by atoms with Gasteiger partial charge in [-0.25, -0.2) is 9.59 Å². The average Bonchev–Trinajstić information content (AvgIpc) is 3.43. The van der Waals surface area contributed by atoms with Crippen molar-refractivity contribution in [1.82, 2.24) is 10.2 Å². The van der Waals surface area contributed by atoms with E-state index in [0.29, 0.717) is 38.6 Å². The number of carboxylic acids is 1. The molecule has 1 heterocycles. The number of carboxylic acid groups (broad SMARTS) is 1. The highest BCUT2D eigenvalue weighted by Crippen LogP contribution is 2.44. The lowest BCUT2D eigenvalue weighted by Crippen LogP contribution is -2.54. The second-order valence-electron chi connectivity index (χ2n) is 9.51. The number of nitrogens with one attached hydrogen (secondary N) is 1. The molecule has 1 aliphatic carbocycles. The first-order valence-electron chi connectivity index (χ1n) is 12.6. The van der Waals surface area contributed by atoms with Crippen molar-refractivity contribution in [3.05, 3.63) is 59.7 Å². The van der Waals surface area contributed by atoms with Crippen molar-refractivity contribution in [2.75, 3.05) is 13.2 Å². The van der Waals surface area contributed by atoms with Crippen molar-refractivity contribution in [1.29, 1.82) is 0 Å². The first-order valence-corrected chi connectivity index (χ1v) is 12.6. The fourth-order valence-corrected chi connectivity index (χ4v) is 5.67. The van der Waals surface area contributed by atoms with Gasteiger partial charge in [0.25, 0.3) is 0 Å². The molecule has 0 saturated carbocycles. The van der Waals surface area contributed by atoms with Crippen LogP contribution in [-0.2, 0) is 14.3 Å². The van der Waals surface area contributed by atoms with Gasteiger partial charge in [-0.05, 0) is 47.9 Å². The third-order valence-corrected chi connectivity index (χ3v) is 7.43. The largest absolute Gasteiger partial charge is 0.479 e. The number of carbonyl (C=O) groups is 3. The predicted octanol–water partition coefficient (Wildman–Crippen LogP) is 4.94. The van der Waals surface area contributed by atoms with Crippen LogP contribution in [-0.4, -0.2) is 52.7 Å². The fraction of sp³-hybridized carbons (Fsp3) is 0.464. The maximum atomic E-state index is 13.1. The zero-order valence-electron chi connectivity index (χ0n) is 20.5. The molecule has 7 heteroatoms. The van der Waals surface area contributed by atoms with Gasteiger partial charge in [-0.1, -0.05) is 68.8 Å². The van der Waals surface area contributed by atoms with E-state index in [9.17, 15) is 19.5 Å². The van der Waals surface area contributed by atoms with E-state index in [-0.39, 0.29) is 24.9 Å². The molecule has 2 unspecified atom stereocenters. The van der Waals surface area contributed by atoms with Crippen molar-refractivity contribution < 1.29 is 24.2 Å². The first-order chi connectivity index (χ1) is 16.9. The van der Waals surface area contributed by atoms with Gasteiger partial charge >= 0.3 is 12.1 Å². The van der Waals surface area contributed by atoms with Crippen LogP contribution in [0.1, 0.15) is 69.4 Å². The Morgan fingerprint density at radius 1 is 1.09 bits per heavy atom. The molecule has 2 aromatic rings. The lowest BCUT2D eigenvalue weighted by Gasteiger charge is -2.35. The van der Waals surface area contributed by atoms with Gasteiger partial charge in [0.2, 0.25) is 5.91 Å². The molecule has 4 rings (SSSR count). The minimum absolute atomic E-state index is 0.0373. The summed E-state index contributed by atoms with van der Waals surface area (Å²) in [6.45, 7) is 4.46. The second-order valence-corrected chi connectivity index (χ2v) is 9.51. The maximum absolute atomic E-state index is 13.1. The van der Waals surface area contributed by atoms with Crippen LogP contribution in [0.25, 0.3) is 11.1 Å². The number of amides is 2. The molecule has 0 aromatic heterocycles. The molecule has 0 radical (unpaired) electrons. The van der Waals surface area contributed by atoms with E-state index in [1.807, 2.05) is 38.1 Å². The SMILES string of the molecule is CCCC1(C(=O)O)CCCN1C(=O)CC(CC)NC(=O)OCC1c2ccccc2-c2ccccc21. The van der Waals surface area contributed by atoms with E-state index in [4.69, 9.17) is 4.74 Å². The van der Waals surface area contributed by atoms with E-state index in [1.165, 1.54) is 4.90 Å². The monoisotopic (exact) mass is 478 g/mol. The zero-order chi connectivity index (χ0) is 25.0. The van der Waals surface area contributed by atoms with Crippen LogP contribution in [0.2, 0.25) is 0 Å². The minimum Gasteiger partial charge on any atom is -0.479 e. The average molecular weight is 479 g/mol. The summed E-state index contributed by atoms with van der Waals surface area (Å²) in [5.41, 5.74) is 3.47. The van der Waals surface area contributed by atoms with Crippen LogP contribution in [0.3, 0.4) is 0 Å². The Morgan fingerprint density at radius 3 is 2.29 bits per heavy atom. The molecule has 1 saturated heterocycles. The van der Waals surface area contributed by atoms with Gasteiger partial charge in [-0.15, -0.1) is 0 Å². The summed E-state index contributed by atoms with van der Waals surface area (Å²) in [4.78, 5) is 39.4. The summed E-state index contributed by atoms with van der Waals surface area (Å²) in [5, 5.41) is 12.7. The lowest BCUT2D eigenvalue weighted by atomic mass is 9.90. The van der Waals surface area contributed by atoms with E-state index in [2.05, 4.69) is 29.6 Å². The van der Waals surface area contributed by atoms with E-state index >= 15 is 0 Å². The highest BCUT2D eigenvalue weighted by Gasteiger charge is 2.49. The third kappa shape index (κ3) is 4.77. The molecule has 7 nitrogen and oxygen atoms in total. The molecule has 2 N–H and O–H groups in total. The number of benzene rings is 2. The normalized spacial score (nSPS) is 19.7. The number of alkyl carbamates (subject to hydrolysis) is 1. The number of likely N-dealkylation sites (tertiary alicyclic amines) is 1. The van der Waals surface area contributed by atoms with Crippen LogP contribution in [0.4, 0.5) is 4.79 Å². The number of nitrogens with zero attached hydrogens (tertiary/aromatic N) is 1. The number of carbonyl (C=O) groups excluding carboxylic acids is 2. The quantitative estimate of drug-likeness (QED) is 0.532. The van der Waals surface area contributed by atoms with Crippen LogP contribution in [0.5, 0.6) is 0 Å². The molecule has 2 aliphatic rings.